The van der Waals surface area contributed by atoms with Crippen molar-refractivity contribution in [3.05, 3.63) is 39.5 Å². The molecule has 0 fully saturated rings. The Kier molecular flexibility index (Phi) is 6.11. The number of aryl methyl sites for hydroxylation is 1. The van der Waals surface area contributed by atoms with Gasteiger partial charge in [0.15, 0.2) is 0 Å². The van der Waals surface area contributed by atoms with Gasteiger partial charge in [0.05, 0.1) is 13.6 Å². The van der Waals surface area contributed by atoms with Crippen LogP contribution in [0, 0.1) is 6.92 Å². The summed E-state index contributed by atoms with van der Waals surface area (Å²) in [5.41, 5.74) is 1.30. The molecule has 2 aromatic rings. The summed E-state index contributed by atoms with van der Waals surface area (Å²) in [5.74, 6) is 0. The Morgan fingerprint density at radius 1 is 1.21 bits per heavy atom. The van der Waals surface area contributed by atoms with Gasteiger partial charge < -0.3 is 5.32 Å². The van der Waals surface area contributed by atoms with Crippen molar-refractivity contribution < 1.29 is 0 Å². The van der Waals surface area contributed by atoms with Crippen molar-refractivity contribution in [1.82, 2.24) is 5.32 Å². The van der Waals surface area contributed by atoms with Crippen molar-refractivity contribution in [2.75, 3.05) is 6.54 Å². The van der Waals surface area contributed by atoms with Gasteiger partial charge in [0, 0.05) is 19.8 Å². The van der Waals surface area contributed by atoms with Crippen LogP contribution in [0.3, 0.4) is 0 Å². The Morgan fingerprint density at radius 3 is 2.42 bits per heavy atom. The van der Waals surface area contributed by atoms with Crippen LogP contribution >= 0.6 is 70.5 Å². The lowest BCUT2D eigenvalue weighted by Crippen LogP contribution is -2.22. The molecule has 0 aliphatic rings. The molecule has 0 aromatic carbocycles. The molecule has 0 aliphatic carbocycles. The van der Waals surface area contributed by atoms with Crippen LogP contribution in [0.1, 0.15) is 34.7 Å². The summed E-state index contributed by atoms with van der Waals surface area (Å²) in [7, 11) is 0. The summed E-state index contributed by atoms with van der Waals surface area (Å²) in [6, 6.07) is 4.63. The zero-order valence-electron chi connectivity index (χ0n) is 10.6. The van der Waals surface area contributed by atoms with Gasteiger partial charge in [-0.1, -0.05) is 6.92 Å². The van der Waals surface area contributed by atoms with Crippen molar-refractivity contribution in [2.24, 2.45) is 0 Å². The molecule has 2 heterocycles. The predicted octanol–water partition coefficient (Wildman–Crippen LogP) is 6.49. The summed E-state index contributed by atoms with van der Waals surface area (Å²) in [6.07, 6.45) is 1.13. The van der Waals surface area contributed by atoms with E-state index in [1.54, 1.807) is 11.3 Å². The normalized spacial score (nSPS) is 12.9. The van der Waals surface area contributed by atoms with Crippen LogP contribution in [-0.4, -0.2) is 6.54 Å². The molecule has 0 radical (unpaired) electrons. The van der Waals surface area contributed by atoms with Gasteiger partial charge in [-0.2, -0.15) is 0 Å². The molecular weight excluding hydrogens is 474 g/mol. The summed E-state index contributed by atoms with van der Waals surface area (Å²) in [6.45, 7) is 5.35. The Labute approximate surface area is 147 Å². The third-order valence-corrected chi connectivity index (χ3v) is 7.11. The highest BCUT2D eigenvalue weighted by molar-refractivity contribution is 9.12. The van der Waals surface area contributed by atoms with Crippen LogP contribution in [0.25, 0.3) is 0 Å². The zero-order valence-corrected chi connectivity index (χ0v) is 17.0. The van der Waals surface area contributed by atoms with Crippen molar-refractivity contribution in [2.45, 2.75) is 26.3 Å². The lowest BCUT2D eigenvalue weighted by Gasteiger charge is -2.17. The SMILES string of the molecule is CCCNC(c1cc(Br)sc1Br)c1sc(C)cc1Br. The molecule has 1 atom stereocenters. The highest BCUT2D eigenvalue weighted by Crippen LogP contribution is 2.42. The van der Waals surface area contributed by atoms with Gasteiger partial charge in [-0.3, -0.25) is 0 Å². The van der Waals surface area contributed by atoms with E-state index >= 15 is 0 Å². The van der Waals surface area contributed by atoms with E-state index in [9.17, 15) is 0 Å². The Hall–Kier alpha value is 0.800. The van der Waals surface area contributed by atoms with E-state index in [2.05, 4.69) is 79.1 Å². The Morgan fingerprint density at radius 2 is 1.95 bits per heavy atom. The first-order valence-electron chi connectivity index (χ1n) is 5.96. The number of thiophene rings is 2. The summed E-state index contributed by atoms with van der Waals surface area (Å²) >= 11 is 14.5. The molecular formula is C13H14Br3NS2. The minimum absolute atomic E-state index is 0.241. The number of halogens is 3. The zero-order chi connectivity index (χ0) is 14.0. The fourth-order valence-corrected chi connectivity index (χ4v) is 6.76. The van der Waals surface area contributed by atoms with Gasteiger partial charge in [-0.25, -0.2) is 0 Å². The molecule has 6 heteroatoms. The van der Waals surface area contributed by atoms with E-state index in [1.165, 1.54) is 23.6 Å². The standard InChI is InChI=1S/C13H14Br3NS2/c1-3-4-17-11(8-6-10(15)19-13(8)16)12-9(14)5-7(2)18-12/h5-6,11,17H,3-4H2,1-2H3. The molecule has 2 rings (SSSR count). The monoisotopic (exact) mass is 485 g/mol. The lowest BCUT2D eigenvalue weighted by molar-refractivity contribution is 0.604. The fourth-order valence-electron chi connectivity index (χ4n) is 1.88. The van der Waals surface area contributed by atoms with Gasteiger partial charge in [-0.05, 0) is 79.8 Å². The molecule has 1 unspecified atom stereocenters. The summed E-state index contributed by atoms with van der Waals surface area (Å²) in [5, 5.41) is 3.65. The minimum atomic E-state index is 0.241. The molecule has 1 nitrogen and oxygen atoms in total. The first-order chi connectivity index (χ1) is 9.02. The average molecular weight is 488 g/mol. The Bertz CT molecular complexity index is 516. The van der Waals surface area contributed by atoms with Crippen LogP contribution in [-0.2, 0) is 0 Å². The molecule has 0 spiro atoms. The molecule has 0 amide bonds. The number of nitrogens with one attached hydrogen (secondary N) is 1. The third-order valence-electron chi connectivity index (χ3n) is 2.69. The predicted molar refractivity (Wildman–Crippen MR) is 96.6 cm³/mol. The van der Waals surface area contributed by atoms with Gasteiger partial charge in [0.2, 0.25) is 0 Å². The van der Waals surface area contributed by atoms with Crippen molar-refractivity contribution in [3.63, 3.8) is 0 Å². The van der Waals surface area contributed by atoms with Gasteiger partial charge in [0.1, 0.15) is 0 Å². The van der Waals surface area contributed by atoms with Crippen molar-refractivity contribution >= 4 is 70.5 Å². The van der Waals surface area contributed by atoms with Crippen LogP contribution in [0.15, 0.2) is 24.2 Å². The first-order valence-corrected chi connectivity index (χ1v) is 9.98. The molecule has 0 aliphatic heterocycles. The topological polar surface area (TPSA) is 12.0 Å². The molecule has 19 heavy (non-hydrogen) atoms. The number of hydrogen-bond acceptors (Lipinski definition) is 3. The highest BCUT2D eigenvalue weighted by atomic mass is 79.9. The number of rotatable bonds is 5. The van der Waals surface area contributed by atoms with Crippen molar-refractivity contribution in [3.8, 4) is 0 Å². The quantitative estimate of drug-likeness (QED) is 0.508. The van der Waals surface area contributed by atoms with E-state index in [-0.39, 0.29) is 6.04 Å². The fraction of sp³-hybridized carbons (Fsp3) is 0.385. The van der Waals surface area contributed by atoms with E-state index in [0.717, 1.165) is 16.8 Å². The lowest BCUT2D eigenvalue weighted by atomic mass is 10.1. The maximum atomic E-state index is 3.69. The van der Waals surface area contributed by atoms with Gasteiger partial charge in [0.25, 0.3) is 0 Å². The maximum Gasteiger partial charge on any atom is 0.0762 e. The second kappa shape index (κ2) is 7.18. The molecule has 0 bridgehead atoms. The minimum Gasteiger partial charge on any atom is -0.306 e. The van der Waals surface area contributed by atoms with Gasteiger partial charge in [-0.15, -0.1) is 22.7 Å². The van der Waals surface area contributed by atoms with Crippen molar-refractivity contribution in [1.29, 1.82) is 0 Å². The van der Waals surface area contributed by atoms with Crippen LogP contribution in [0.5, 0.6) is 0 Å². The van der Waals surface area contributed by atoms with E-state index in [1.807, 2.05) is 11.3 Å². The van der Waals surface area contributed by atoms with E-state index in [0.29, 0.717) is 0 Å². The number of hydrogen-bond donors (Lipinski definition) is 1. The van der Waals surface area contributed by atoms with Crippen LogP contribution < -0.4 is 5.32 Å². The summed E-state index contributed by atoms with van der Waals surface area (Å²) in [4.78, 5) is 2.67. The molecule has 1 N–H and O–H groups in total. The second-order valence-electron chi connectivity index (χ2n) is 4.24. The van der Waals surface area contributed by atoms with Crippen LogP contribution in [0.2, 0.25) is 0 Å². The van der Waals surface area contributed by atoms with Crippen LogP contribution in [0.4, 0.5) is 0 Å². The van der Waals surface area contributed by atoms with Gasteiger partial charge >= 0.3 is 0 Å². The molecule has 0 saturated heterocycles. The third kappa shape index (κ3) is 3.92. The first kappa shape index (κ1) is 16.2. The smallest absolute Gasteiger partial charge is 0.0762 e. The largest absolute Gasteiger partial charge is 0.306 e. The summed E-state index contributed by atoms with van der Waals surface area (Å²) < 4.78 is 3.53. The maximum absolute atomic E-state index is 3.69. The van der Waals surface area contributed by atoms with E-state index < -0.39 is 0 Å². The Balaban J connectivity index is 2.41. The average Bonchev–Trinajstić information content (AvgIpc) is 2.83. The molecule has 2 aromatic heterocycles. The molecule has 0 saturated carbocycles. The van der Waals surface area contributed by atoms with E-state index in [4.69, 9.17) is 0 Å². The highest BCUT2D eigenvalue weighted by Gasteiger charge is 2.22. The molecule has 104 valence electrons. The second-order valence-corrected chi connectivity index (χ2v) is 10.1.